The van der Waals surface area contributed by atoms with Crippen molar-refractivity contribution in [1.29, 1.82) is 0 Å². The van der Waals surface area contributed by atoms with Crippen molar-refractivity contribution >= 4 is 5.69 Å². The fourth-order valence-corrected chi connectivity index (χ4v) is 1.62. The molecule has 1 aromatic carbocycles. The van der Waals surface area contributed by atoms with Crippen molar-refractivity contribution in [2.45, 2.75) is 13.5 Å². The molecule has 2 rings (SSSR count). The van der Waals surface area contributed by atoms with Crippen molar-refractivity contribution in [2.75, 3.05) is 0 Å². The van der Waals surface area contributed by atoms with Crippen molar-refractivity contribution in [3.8, 4) is 5.75 Å². The van der Waals surface area contributed by atoms with E-state index in [0.717, 1.165) is 11.4 Å². The zero-order valence-corrected chi connectivity index (χ0v) is 10.2. The van der Waals surface area contributed by atoms with Crippen molar-refractivity contribution < 1.29 is 9.66 Å². The molecule has 0 atom stereocenters. The molecular formula is C12H13N3O3. The van der Waals surface area contributed by atoms with Gasteiger partial charge in [0.05, 0.1) is 16.3 Å². The van der Waals surface area contributed by atoms with E-state index < -0.39 is 4.92 Å². The number of ether oxygens (including phenoxy) is 1. The summed E-state index contributed by atoms with van der Waals surface area (Å²) in [6.07, 6.45) is 0. The molecule has 0 bridgehead atoms. The first-order valence-electron chi connectivity index (χ1n) is 5.43. The van der Waals surface area contributed by atoms with Gasteiger partial charge in [-0.05, 0) is 25.1 Å². The highest BCUT2D eigenvalue weighted by atomic mass is 16.6. The second-order valence-electron chi connectivity index (χ2n) is 3.94. The summed E-state index contributed by atoms with van der Waals surface area (Å²) < 4.78 is 7.29. The van der Waals surface area contributed by atoms with Crippen LogP contribution >= 0.6 is 0 Å². The Bertz CT molecular complexity index is 560. The molecule has 0 unspecified atom stereocenters. The molecule has 0 aliphatic heterocycles. The van der Waals surface area contributed by atoms with Crippen LogP contribution in [0.15, 0.2) is 30.3 Å². The number of non-ortho nitro benzene ring substituents is 1. The average Bonchev–Trinajstić information content (AvgIpc) is 2.66. The standard InChI is InChI=1S/C12H13N3O3/c1-9-7-11(14(2)13-9)8-18-12-5-3-10(4-6-12)15(16)17/h3-7H,8H2,1-2H3. The number of nitro groups is 1. The van der Waals surface area contributed by atoms with E-state index in [1.165, 1.54) is 12.1 Å². The van der Waals surface area contributed by atoms with Gasteiger partial charge in [-0.1, -0.05) is 0 Å². The molecule has 0 spiro atoms. The highest BCUT2D eigenvalue weighted by molar-refractivity contribution is 5.36. The molecule has 0 fully saturated rings. The molecule has 18 heavy (non-hydrogen) atoms. The maximum absolute atomic E-state index is 10.5. The summed E-state index contributed by atoms with van der Waals surface area (Å²) in [4.78, 5) is 10.1. The normalized spacial score (nSPS) is 10.3. The van der Waals surface area contributed by atoms with Crippen molar-refractivity contribution in [1.82, 2.24) is 9.78 Å². The van der Waals surface area contributed by atoms with Crippen LogP contribution in [0.3, 0.4) is 0 Å². The summed E-state index contributed by atoms with van der Waals surface area (Å²) in [6.45, 7) is 2.30. The summed E-state index contributed by atoms with van der Waals surface area (Å²) in [5.74, 6) is 0.597. The van der Waals surface area contributed by atoms with E-state index in [1.54, 1.807) is 16.8 Å². The second-order valence-corrected chi connectivity index (χ2v) is 3.94. The van der Waals surface area contributed by atoms with E-state index in [0.29, 0.717) is 12.4 Å². The molecule has 1 aromatic heterocycles. The van der Waals surface area contributed by atoms with Gasteiger partial charge in [0.2, 0.25) is 0 Å². The summed E-state index contributed by atoms with van der Waals surface area (Å²) >= 11 is 0. The number of hydrogen-bond acceptors (Lipinski definition) is 4. The number of hydrogen-bond donors (Lipinski definition) is 0. The largest absolute Gasteiger partial charge is 0.487 e. The van der Waals surface area contributed by atoms with Gasteiger partial charge >= 0.3 is 0 Å². The molecule has 6 nitrogen and oxygen atoms in total. The summed E-state index contributed by atoms with van der Waals surface area (Å²) in [7, 11) is 1.85. The maximum atomic E-state index is 10.5. The Kier molecular flexibility index (Phi) is 3.27. The first-order valence-corrected chi connectivity index (χ1v) is 5.43. The summed E-state index contributed by atoms with van der Waals surface area (Å²) in [6, 6.07) is 7.95. The second kappa shape index (κ2) is 4.87. The quantitative estimate of drug-likeness (QED) is 0.613. The van der Waals surface area contributed by atoms with Gasteiger partial charge in [-0.2, -0.15) is 5.10 Å². The zero-order chi connectivity index (χ0) is 13.1. The number of nitrogens with zero attached hydrogens (tertiary/aromatic N) is 3. The Morgan fingerprint density at radius 2 is 2.06 bits per heavy atom. The van der Waals surface area contributed by atoms with Gasteiger partial charge in [-0.15, -0.1) is 0 Å². The Labute approximate surface area is 104 Å². The number of rotatable bonds is 4. The third kappa shape index (κ3) is 2.65. The highest BCUT2D eigenvalue weighted by Gasteiger charge is 2.06. The fourth-order valence-electron chi connectivity index (χ4n) is 1.62. The number of aromatic nitrogens is 2. The molecular weight excluding hydrogens is 234 g/mol. The van der Waals surface area contributed by atoms with Gasteiger partial charge in [0.25, 0.3) is 5.69 Å². The molecule has 0 saturated heterocycles. The lowest BCUT2D eigenvalue weighted by Gasteiger charge is -2.05. The lowest BCUT2D eigenvalue weighted by Crippen LogP contribution is -2.02. The minimum Gasteiger partial charge on any atom is -0.487 e. The van der Waals surface area contributed by atoms with Crippen LogP contribution in [0.2, 0.25) is 0 Å². The smallest absolute Gasteiger partial charge is 0.269 e. The van der Waals surface area contributed by atoms with Crippen molar-refractivity contribution in [3.63, 3.8) is 0 Å². The van der Waals surface area contributed by atoms with Crippen LogP contribution in [0, 0.1) is 17.0 Å². The van der Waals surface area contributed by atoms with Gasteiger partial charge in [-0.25, -0.2) is 0 Å². The van der Waals surface area contributed by atoms with E-state index in [-0.39, 0.29) is 5.69 Å². The van der Waals surface area contributed by atoms with Crippen LogP contribution in [-0.2, 0) is 13.7 Å². The maximum Gasteiger partial charge on any atom is 0.269 e. The van der Waals surface area contributed by atoms with Crippen LogP contribution in [0.1, 0.15) is 11.4 Å². The molecule has 2 aromatic rings. The SMILES string of the molecule is Cc1cc(COc2ccc([N+](=O)[O-])cc2)n(C)n1. The van der Waals surface area contributed by atoms with E-state index in [9.17, 15) is 10.1 Å². The monoisotopic (exact) mass is 247 g/mol. The first-order chi connectivity index (χ1) is 8.56. The Balaban J connectivity index is 2.02. The third-order valence-corrected chi connectivity index (χ3v) is 2.53. The van der Waals surface area contributed by atoms with Crippen LogP contribution in [0.5, 0.6) is 5.75 Å². The molecule has 0 saturated carbocycles. The van der Waals surface area contributed by atoms with Gasteiger partial charge in [0, 0.05) is 19.2 Å². The Morgan fingerprint density at radius 1 is 1.39 bits per heavy atom. The molecule has 0 amide bonds. The fraction of sp³-hybridized carbons (Fsp3) is 0.250. The van der Waals surface area contributed by atoms with Gasteiger partial charge in [0.15, 0.2) is 0 Å². The Hall–Kier alpha value is -2.37. The van der Waals surface area contributed by atoms with Crippen LogP contribution in [0.25, 0.3) is 0 Å². The third-order valence-electron chi connectivity index (χ3n) is 2.53. The lowest BCUT2D eigenvalue weighted by atomic mass is 10.3. The van der Waals surface area contributed by atoms with E-state index in [1.807, 2.05) is 20.0 Å². The first kappa shape index (κ1) is 12.1. The minimum atomic E-state index is -0.436. The van der Waals surface area contributed by atoms with E-state index in [4.69, 9.17) is 4.74 Å². The van der Waals surface area contributed by atoms with E-state index >= 15 is 0 Å². The predicted octanol–water partition coefficient (Wildman–Crippen LogP) is 2.22. The van der Waals surface area contributed by atoms with Gasteiger partial charge in [-0.3, -0.25) is 14.8 Å². The Morgan fingerprint density at radius 3 is 2.56 bits per heavy atom. The molecule has 6 heteroatoms. The topological polar surface area (TPSA) is 70.2 Å². The van der Waals surface area contributed by atoms with Crippen molar-refractivity contribution in [3.05, 3.63) is 51.8 Å². The lowest BCUT2D eigenvalue weighted by molar-refractivity contribution is -0.384. The molecule has 0 N–H and O–H groups in total. The summed E-state index contributed by atoms with van der Waals surface area (Å²) in [5.41, 5.74) is 1.93. The van der Waals surface area contributed by atoms with Crippen LogP contribution < -0.4 is 4.74 Å². The van der Waals surface area contributed by atoms with Gasteiger partial charge < -0.3 is 4.74 Å². The van der Waals surface area contributed by atoms with E-state index in [2.05, 4.69) is 5.10 Å². The van der Waals surface area contributed by atoms with Crippen LogP contribution in [0.4, 0.5) is 5.69 Å². The molecule has 0 aliphatic carbocycles. The van der Waals surface area contributed by atoms with Gasteiger partial charge in [0.1, 0.15) is 12.4 Å². The number of aryl methyl sites for hydroxylation is 2. The predicted molar refractivity (Wildman–Crippen MR) is 65.4 cm³/mol. The zero-order valence-electron chi connectivity index (χ0n) is 10.2. The molecule has 1 heterocycles. The molecule has 94 valence electrons. The van der Waals surface area contributed by atoms with Crippen LogP contribution in [-0.4, -0.2) is 14.7 Å². The average molecular weight is 247 g/mol. The molecule has 0 aliphatic rings. The minimum absolute atomic E-state index is 0.0544. The summed E-state index contributed by atoms with van der Waals surface area (Å²) in [5, 5.41) is 14.7. The van der Waals surface area contributed by atoms with Crippen molar-refractivity contribution in [2.24, 2.45) is 7.05 Å². The number of nitro benzene ring substituents is 1. The number of benzene rings is 1. The highest BCUT2D eigenvalue weighted by Crippen LogP contribution is 2.18. The molecule has 0 radical (unpaired) electrons.